The molecule has 9 heteroatoms. The van der Waals surface area contributed by atoms with Gasteiger partial charge in [0, 0.05) is 25.9 Å². The lowest BCUT2D eigenvalue weighted by atomic mass is 10.2. The van der Waals surface area contributed by atoms with E-state index in [4.69, 9.17) is 4.74 Å². The normalized spacial score (nSPS) is 17.7. The van der Waals surface area contributed by atoms with Gasteiger partial charge in [-0.15, -0.1) is 0 Å². The van der Waals surface area contributed by atoms with Gasteiger partial charge in [0.1, 0.15) is 6.33 Å². The average Bonchev–Trinajstić information content (AvgIpc) is 3.27. The third-order valence-electron chi connectivity index (χ3n) is 4.57. The van der Waals surface area contributed by atoms with Crippen molar-refractivity contribution in [2.75, 3.05) is 19.4 Å². The lowest BCUT2D eigenvalue weighted by Crippen LogP contribution is -2.25. The van der Waals surface area contributed by atoms with Crippen molar-refractivity contribution in [3.8, 4) is 0 Å². The lowest BCUT2D eigenvalue weighted by molar-refractivity contribution is 0.0934. The molecule has 0 N–H and O–H groups in total. The third-order valence-corrected chi connectivity index (χ3v) is 6.40. The molecule has 0 amide bonds. The zero-order valence-electron chi connectivity index (χ0n) is 15.9. The number of ether oxygens (including phenoxy) is 1. The molecule has 1 unspecified atom stereocenters. The maximum absolute atomic E-state index is 12.7. The van der Waals surface area contributed by atoms with E-state index in [0.717, 1.165) is 30.8 Å². The molecule has 0 radical (unpaired) electrons. The molecule has 1 fully saturated rings. The van der Waals surface area contributed by atoms with Crippen molar-refractivity contribution in [2.45, 2.75) is 57.1 Å². The molecule has 2 aromatic heterocycles. The molecule has 1 aliphatic heterocycles. The van der Waals surface area contributed by atoms with Crippen molar-refractivity contribution in [1.29, 1.82) is 0 Å². The highest BCUT2D eigenvalue weighted by molar-refractivity contribution is 7.91. The average molecular weight is 394 g/mol. The summed E-state index contributed by atoms with van der Waals surface area (Å²) < 4.78 is 32.9. The van der Waals surface area contributed by atoms with Crippen LogP contribution in [0.5, 0.6) is 0 Å². The summed E-state index contributed by atoms with van der Waals surface area (Å²) in [6.45, 7) is 4.34. The Balaban J connectivity index is 1.81. The summed E-state index contributed by atoms with van der Waals surface area (Å²) in [5.41, 5.74) is 1.79. The SMILES string of the molecule is CCCS(=O)(=O)c1ncc(CN(C)Cc2ccncn2)n1CC1CCCO1. The molecule has 0 spiro atoms. The first kappa shape index (κ1) is 19.9. The predicted octanol–water partition coefficient (Wildman–Crippen LogP) is 1.67. The van der Waals surface area contributed by atoms with Crippen molar-refractivity contribution in [3.05, 3.63) is 36.2 Å². The Labute approximate surface area is 160 Å². The number of rotatable bonds is 9. The van der Waals surface area contributed by atoms with Crippen LogP contribution in [0, 0.1) is 0 Å². The topological polar surface area (TPSA) is 90.2 Å². The van der Waals surface area contributed by atoms with Crippen molar-refractivity contribution < 1.29 is 13.2 Å². The highest BCUT2D eigenvalue weighted by atomic mass is 32.2. The van der Waals surface area contributed by atoms with E-state index in [9.17, 15) is 8.42 Å². The van der Waals surface area contributed by atoms with Gasteiger partial charge in [0.25, 0.3) is 0 Å². The van der Waals surface area contributed by atoms with Crippen molar-refractivity contribution >= 4 is 9.84 Å². The summed E-state index contributed by atoms with van der Waals surface area (Å²) in [7, 11) is -1.42. The second kappa shape index (κ2) is 8.90. The number of sulfone groups is 1. The molecule has 0 aliphatic carbocycles. The van der Waals surface area contributed by atoms with Gasteiger partial charge in [-0.05, 0) is 32.4 Å². The van der Waals surface area contributed by atoms with Crippen LogP contribution in [-0.2, 0) is 34.2 Å². The fourth-order valence-electron chi connectivity index (χ4n) is 3.33. The summed E-state index contributed by atoms with van der Waals surface area (Å²) in [5, 5.41) is 0.158. The molecule has 1 atom stereocenters. The molecule has 148 valence electrons. The second-order valence-electron chi connectivity index (χ2n) is 6.97. The van der Waals surface area contributed by atoms with Crippen LogP contribution < -0.4 is 0 Å². The van der Waals surface area contributed by atoms with Gasteiger partial charge in [0.2, 0.25) is 15.0 Å². The molecule has 2 aromatic rings. The van der Waals surface area contributed by atoms with Gasteiger partial charge in [-0.25, -0.2) is 23.4 Å². The fourth-order valence-corrected chi connectivity index (χ4v) is 4.80. The third kappa shape index (κ3) is 5.12. The number of aromatic nitrogens is 4. The Hall–Kier alpha value is -1.84. The fraction of sp³-hybridized carbons (Fsp3) is 0.611. The Kier molecular flexibility index (Phi) is 6.56. The Morgan fingerprint density at radius 1 is 1.33 bits per heavy atom. The molecular weight excluding hydrogens is 366 g/mol. The van der Waals surface area contributed by atoms with Crippen LogP contribution in [0.15, 0.2) is 29.9 Å². The maximum Gasteiger partial charge on any atom is 0.227 e. The summed E-state index contributed by atoms with van der Waals surface area (Å²) in [4.78, 5) is 14.5. The minimum atomic E-state index is -3.40. The van der Waals surface area contributed by atoms with E-state index >= 15 is 0 Å². The quantitative estimate of drug-likeness (QED) is 0.640. The molecular formula is C18H27N5O3S. The predicted molar refractivity (Wildman–Crippen MR) is 101 cm³/mol. The van der Waals surface area contributed by atoms with Gasteiger partial charge < -0.3 is 9.30 Å². The zero-order valence-corrected chi connectivity index (χ0v) is 16.7. The Morgan fingerprint density at radius 3 is 2.85 bits per heavy atom. The van der Waals surface area contributed by atoms with Crippen LogP contribution in [0.1, 0.15) is 37.6 Å². The number of imidazole rings is 1. The van der Waals surface area contributed by atoms with Crippen LogP contribution in [0.3, 0.4) is 0 Å². The van der Waals surface area contributed by atoms with Crippen LogP contribution in [0.25, 0.3) is 0 Å². The van der Waals surface area contributed by atoms with Gasteiger partial charge in [-0.3, -0.25) is 4.90 Å². The van der Waals surface area contributed by atoms with Crippen molar-refractivity contribution in [1.82, 2.24) is 24.4 Å². The highest BCUT2D eigenvalue weighted by Crippen LogP contribution is 2.21. The summed E-state index contributed by atoms with van der Waals surface area (Å²) in [6, 6.07) is 1.87. The van der Waals surface area contributed by atoms with Gasteiger partial charge in [0.05, 0.1) is 36.0 Å². The van der Waals surface area contributed by atoms with E-state index in [2.05, 4.69) is 19.9 Å². The van der Waals surface area contributed by atoms with E-state index in [-0.39, 0.29) is 17.0 Å². The van der Waals surface area contributed by atoms with Gasteiger partial charge in [0.15, 0.2) is 0 Å². The molecule has 27 heavy (non-hydrogen) atoms. The molecule has 1 aliphatic rings. The van der Waals surface area contributed by atoms with Crippen LogP contribution in [0.4, 0.5) is 0 Å². The van der Waals surface area contributed by atoms with E-state index in [1.807, 2.05) is 24.6 Å². The maximum atomic E-state index is 12.7. The second-order valence-corrected chi connectivity index (χ2v) is 8.97. The molecule has 1 saturated heterocycles. The van der Waals surface area contributed by atoms with Crippen LogP contribution in [0.2, 0.25) is 0 Å². The molecule has 3 heterocycles. The molecule has 0 aromatic carbocycles. The number of hydrogen-bond donors (Lipinski definition) is 0. The molecule has 0 bridgehead atoms. The zero-order chi connectivity index (χ0) is 19.3. The first-order valence-corrected chi connectivity index (χ1v) is 11.0. The summed E-state index contributed by atoms with van der Waals surface area (Å²) in [5.74, 6) is 0.103. The van der Waals surface area contributed by atoms with Gasteiger partial charge in [-0.1, -0.05) is 6.92 Å². The van der Waals surface area contributed by atoms with Gasteiger partial charge >= 0.3 is 0 Å². The van der Waals surface area contributed by atoms with E-state index in [0.29, 0.717) is 26.1 Å². The Bertz CT molecular complexity index is 832. The minimum Gasteiger partial charge on any atom is -0.376 e. The van der Waals surface area contributed by atoms with Crippen LogP contribution in [-0.4, -0.2) is 58.3 Å². The number of hydrogen-bond acceptors (Lipinski definition) is 7. The Morgan fingerprint density at radius 2 is 2.19 bits per heavy atom. The van der Waals surface area contributed by atoms with E-state index in [1.54, 1.807) is 12.4 Å². The van der Waals surface area contributed by atoms with Gasteiger partial charge in [-0.2, -0.15) is 0 Å². The summed E-state index contributed by atoms with van der Waals surface area (Å²) in [6.07, 6.45) is 7.49. The first-order valence-electron chi connectivity index (χ1n) is 9.32. The van der Waals surface area contributed by atoms with E-state index < -0.39 is 9.84 Å². The largest absolute Gasteiger partial charge is 0.376 e. The van der Waals surface area contributed by atoms with E-state index in [1.165, 1.54) is 6.33 Å². The molecule has 3 rings (SSSR count). The smallest absolute Gasteiger partial charge is 0.227 e. The summed E-state index contributed by atoms with van der Waals surface area (Å²) >= 11 is 0. The first-order chi connectivity index (χ1) is 13.0. The minimum absolute atomic E-state index is 0.0423. The standard InChI is InChI=1S/C18H27N5O3S/c1-3-9-27(24,25)18-20-10-16(23(18)13-17-5-4-8-26-17)12-22(2)11-15-6-7-19-14-21-15/h6-7,10,14,17H,3-5,8-9,11-13H2,1-2H3. The monoisotopic (exact) mass is 393 g/mol. The van der Waals surface area contributed by atoms with Crippen LogP contribution >= 0.6 is 0 Å². The van der Waals surface area contributed by atoms with Crippen molar-refractivity contribution in [2.24, 2.45) is 0 Å². The van der Waals surface area contributed by atoms with Crippen molar-refractivity contribution in [3.63, 3.8) is 0 Å². The highest BCUT2D eigenvalue weighted by Gasteiger charge is 2.26. The molecule has 0 saturated carbocycles. The molecule has 8 nitrogen and oxygen atoms in total. The number of nitrogens with zero attached hydrogens (tertiary/aromatic N) is 5. The lowest BCUT2D eigenvalue weighted by Gasteiger charge is -2.20.